The van der Waals surface area contributed by atoms with Crippen molar-refractivity contribution in [3.63, 3.8) is 0 Å². The number of carbonyl (C=O) groups excluding carboxylic acids is 1. The Morgan fingerprint density at radius 1 is 1.37 bits per heavy atom. The summed E-state index contributed by atoms with van der Waals surface area (Å²) in [4.78, 5) is 22.5. The second-order valence-electron chi connectivity index (χ2n) is 6.81. The summed E-state index contributed by atoms with van der Waals surface area (Å²) in [7, 11) is -1.50. The van der Waals surface area contributed by atoms with Crippen molar-refractivity contribution in [1.82, 2.24) is 24.3 Å². The summed E-state index contributed by atoms with van der Waals surface area (Å²) < 4.78 is 29.9. The quantitative estimate of drug-likeness (QED) is 0.750. The molecule has 0 unspecified atom stereocenters. The van der Waals surface area contributed by atoms with E-state index in [2.05, 4.69) is 15.1 Å². The van der Waals surface area contributed by atoms with Gasteiger partial charge >= 0.3 is 0 Å². The number of sulfonamides is 1. The first-order valence-corrected chi connectivity index (χ1v) is 10.5. The lowest BCUT2D eigenvalue weighted by Crippen LogP contribution is -2.37. The van der Waals surface area contributed by atoms with Crippen molar-refractivity contribution in [2.24, 2.45) is 0 Å². The second-order valence-corrected chi connectivity index (χ2v) is 8.80. The Morgan fingerprint density at radius 3 is 2.70 bits per heavy atom. The molecular weight excluding hydrogens is 370 g/mol. The van der Waals surface area contributed by atoms with Gasteiger partial charge in [-0.3, -0.25) is 9.78 Å². The van der Waals surface area contributed by atoms with Crippen LogP contribution in [-0.2, 0) is 16.6 Å². The zero-order chi connectivity index (χ0) is 19.6. The van der Waals surface area contributed by atoms with Gasteiger partial charge in [0, 0.05) is 32.3 Å². The standard InChI is InChI=1S/C17H23N5O4S/c1-12-5-4-8-18-15(12)17(23)21(2)11-14-19-16(20-26-14)13-6-9-22(10-7-13)27(3,24)25/h4-5,8,13H,6-7,9-11H2,1-3H3. The summed E-state index contributed by atoms with van der Waals surface area (Å²) in [6.07, 6.45) is 4.10. The van der Waals surface area contributed by atoms with E-state index in [4.69, 9.17) is 4.52 Å². The van der Waals surface area contributed by atoms with Crippen molar-refractivity contribution >= 4 is 15.9 Å². The van der Waals surface area contributed by atoms with Gasteiger partial charge in [0.15, 0.2) is 5.82 Å². The molecule has 9 nitrogen and oxygen atoms in total. The largest absolute Gasteiger partial charge is 0.337 e. The lowest BCUT2D eigenvalue weighted by Gasteiger charge is -2.28. The molecule has 1 aliphatic heterocycles. The summed E-state index contributed by atoms with van der Waals surface area (Å²) >= 11 is 0. The highest BCUT2D eigenvalue weighted by atomic mass is 32.2. The number of piperidine rings is 1. The molecule has 1 amide bonds. The van der Waals surface area contributed by atoms with Crippen molar-refractivity contribution < 1.29 is 17.7 Å². The Balaban J connectivity index is 1.61. The number of hydrogen-bond donors (Lipinski definition) is 0. The van der Waals surface area contributed by atoms with E-state index in [-0.39, 0.29) is 18.4 Å². The van der Waals surface area contributed by atoms with Crippen LogP contribution in [0.25, 0.3) is 0 Å². The molecule has 0 aliphatic carbocycles. The summed E-state index contributed by atoms with van der Waals surface area (Å²) in [6.45, 7) is 2.92. The Labute approximate surface area is 158 Å². The Kier molecular flexibility index (Phi) is 5.56. The predicted octanol–water partition coefficient (Wildman–Crippen LogP) is 1.18. The topological polar surface area (TPSA) is 110 Å². The number of pyridine rings is 1. The minimum Gasteiger partial charge on any atom is -0.337 e. The highest BCUT2D eigenvalue weighted by molar-refractivity contribution is 7.88. The van der Waals surface area contributed by atoms with Crippen molar-refractivity contribution in [2.45, 2.75) is 32.2 Å². The molecule has 3 heterocycles. The van der Waals surface area contributed by atoms with Crippen LogP contribution in [0.15, 0.2) is 22.9 Å². The first-order valence-electron chi connectivity index (χ1n) is 8.70. The molecule has 3 rings (SSSR count). The second kappa shape index (κ2) is 7.73. The first kappa shape index (κ1) is 19.4. The van der Waals surface area contributed by atoms with E-state index in [9.17, 15) is 13.2 Å². The number of hydrogen-bond acceptors (Lipinski definition) is 7. The number of aromatic nitrogens is 3. The van der Waals surface area contributed by atoms with Crippen LogP contribution in [0.2, 0.25) is 0 Å². The molecule has 2 aromatic rings. The Morgan fingerprint density at radius 2 is 2.07 bits per heavy atom. The van der Waals surface area contributed by atoms with Gasteiger partial charge in [-0.1, -0.05) is 11.2 Å². The van der Waals surface area contributed by atoms with Gasteiger partial charge in [-0.05, 0) is 31.4 Å². The lowest BCUT2D eigenvalue weighted by atomic mass is 9.98. The fourth-order valence-electron chi connectivity index (χ4n) is 3.11. The fraction of sp³-hybridized carbons (Fsp3) is 0.529. The lowest BCUT2D eigenvalue weighted by molar-refractivity contribution is 0.0763. The fourth-order valence-corrected chi connectivity index (χ4v) is 3.98. The maximum absolute atomic E-state index is 12.5. The zero-order valence-electron chi connectivity index (χ0n) is 15.6. The van der Waals surface area contributed by atoms with Crippen LogP contribution in [0.5, 0.6) is 0 Å². The highest BCUT2D eigenvalue weighted by Gasteiger charge is 2.29. The minimum atomic E-state index is -3.16. The highest BCUT2D eigenvalue weighted by Crippen LogP contribution is 2.27. The van der Waals surface area contributed by atoms with E-state index >= 15 is 0 Å². The SMILES string of the molecule is Cc1cccnc1C(=O)N(C)Cc1nc(C2CCN(S(C)(=O)=O)CC2)no1. The molecule has 1 fully saturated rings. The normalized spacial score (nSPS) is 16.4. The number of rotatable bonds is 5. The summed E-state index contributed by atoms with van der Waals surface area (Å²) in [5.74, 6) is 0.752. The van der Waals surface area contributed by atoms with Crippen LogP contribution in [0.3, 0.4) is 0 Å². The molecule has 146 valence electrons. The molecule has 0 atom stereocenters. The van der Waals surface area contributed by atoms with E-state index in [1.165, 1.54) is 15.5 Å². The van der Waals surface area contributed by atoms with Gasteiger partial charge in [0.1, 0.15) is 12.2 Å². The Hall–Kier alpha value is -2.33. The van der Waals surface area contributed by atoms with E-state index in [0.717, 1.165) is 5.56 Å². The molecule has 0 N–H and O–H groups in total. The molecule has 0 aromatic carbocycles. The number of aryl methyl sites for hydroxylation is 1. The van der Waals surface area contributed by atoms with Gasteiger partial charge in [0.25, 0.3) is 5.91 Å². The van der Waals surface area contributed by atoms with Crippen molar-refractivity contribution in [1.29, 1.82) is 0 Å². The van der Waals surface area contributed by atoms with E-state index in [0.29, 0.717) is 43.3 Å². The van der Waals surface area contributed by atoms with Crippen molar-refractivity contribution in [3.8, 4) is 0 Å². The molecule has 1 aliphatic rings. The minimum absolute atomic E-state index is 0.0551. The van der Waals surface area contributed by atoms with Gasteiger partial charge in [-0.25, -0.2) is 12.7 Å². The maximum atomic E-state index is 12.5. The molecule has 0 saturated carbocycles. The molecule has 27 heavy (non-hydrogen) atoms. The summed E-state index contributed by atoms with van der Waals surface area (Å²) in [6, 6.07) is 3.62. The van der Waals surface area contributed by atoms with Crippen LogP contribution in [0.4, 0.5) is 0 Å². The monoisotopic (exact) mass is 393 g/mol. The third kappa shape index (κ3) is 4.51. The number of carbonyl (C=O) groups is 1. The van der Waals surface area contributed by atoms with Crippen LogP contribution >= 0.6 is 0 Å². The Bertz CT molecular complexity index is 919. The average molecular weight is 393 g/mol. The summed E-state index contributed by atoms with van der Waals surface area (Å²) in [5, 5.41) is 4.02. The smallest absolute Gasteiger partial charge is 0.272 e. The van der Waals surface area contributed by atoms with Crippen LogP contribution in [0.1, 0.15) is 46.5 Å². The third-order valence-electron chi connectivity index (χ3n) is 4.70. The van der Waals surface area contributed by atoms with Crippen molar-refractivity contribution in [2.75, 3.05) is 26.4 Å². The molecule has 10 heteroatoms. The van der Waals surface area contributed by atoms with Crippen LogP contribution in [0, 0.1) is 6.92 Å². The van der Waals surface area contributed by atoms with Gasteiger partial charge in [0.2, 0.25) is 15.9 Å². The molecule has 0 bridgehead atoms. The molecule has 0 radical (unpaired) electrons. The van der Waals surface area contributed by atoms with Crippen molar-refractivity contribution in [3.05, 3.63) is 41.3 Å². The van der Waals surface area contributed by atoms with Crippen LogP contribution in [-0.4, -0.2) is 65.0 Å². The number of amides is 1. The first-order chi connectivity index (χ1) is 12.8. The predicted molar refractivity (Wildman–Crippen MR) is 97.5 cm³/mol. The van der Waals surface area contributed by atoms with Gasteiger partial charge in [-0.15, -0.1) is 0 Å². The van der Waals surface area contributed by atoms with E-state index in [1.54, 1.807) is 19.3 Å². The molecule has 1 saturated heterocycles. The van der Waals surface area contributed by atoms with Gasteiger partial charge < -0.3 is 9.42 Å². The molecule has 2 aromatic heterocycles. The van der Waals surface area contributed by atoms with E-state index < -0.39 is 10.0 Å². The average Bonchev–Trinajstić information content (AvgIpc) is 3.09. The molecular formula is C17H23N5O4S. The van der Waals surface area contributed by atoms with E-state index in [1.807, 2.05) is 13.0 Å². The van der Waals surface area contributed by atoms with Gasteiger partial charge in [-0.2, -0.15) is 4.98 Å². The zero-order valence-corrected chi connectivity index (χ0v) is 16.4. The number of nitrogens with zero attached hydrogens (tertiary/aromatic N) is 5. The summed E-state index contributed by atoms with van der Waals surface area (Å²) in [5.41, 5.74) is 1.20. The molecule has 0 spiro atoms. The van der Waals surface area contributed by atoms with Crippen LogP contribution < -0.4 is 0 Å². The maximum Gasteiger partial charge on any atom is 0.272 e. The third-order valence-corrected chi connectivity index (χ3v) is 6.01. The van der Waals surface area contributed by atoms with Gasteiger partial charge in [0.05, 0.1) is 6.26 Å².